The molecule has 1 aromatic carbocycles. The Bertz CT molecular complexity index is 826. The minimum atomic E-state index is -0.851. The standard InChI is InChI=1S/C30H46O3/c1-20(2)8-6-10-22(4)27-15-16-28-25-14-12-23(19-26(25)29(32)33)18-24(31)13-11-21(3)9-7-17-30(27,28)5/h12,14,19-22,27-28H,6-11,13,15-18H2,1-5H3,(H,32,33)/t21?,22-,27-,28+,30-/m1/s1. The highest BCUT2D eigenvalue weighted by molar-refractivity contribution is 5.90. The zero-order valence-electron chi connectivity index (χ0n) is 21.7. The molecule has 33 heavy (non-hydrogen) atoms. The molecule has 3 aliphatic carbocycles. The second kappa shape index (κ2) is 11.2. The van der Waals surface area contributed by atoms with E-state index in [1.165, 1.54) is 25.7 Å². The molecule has 0 heterocycles. The van der Waals surface area contributed by atoms with Crippen molar-refractivity contribution >= 4 is 11.8 Å². The lowest BCUT2D eigenvalue weighted by Crippen LogP contribution is -2.32. The van der Waals surface area contributed by atoms with Crippen LogP contribution in [0.25, 0.3) is 0 Å². The zero-order valence-corrected chi connectivity index (χ0v) is 21.7. The SMILES string of the molecule is CC(C)CCC[C@@H](C)[C@H]1CC[C@H]2c3ccc(cc3C(=O)O)CC(=O)CCC(C)CCC[C@]12C. The van der Waals surface area contributed by atoms with Gasteiger partial charge in [-0.3, -0.25) is 4.79 Å². The largest absolute Gasteiger partial charge is 0.478 e. The maximum absolute atomic E-state index is 12.5. The number of carboxylic acids is 1. The first-order chi connectivity index (χ1) is 15.6. The van der Waals surface area contributed by atoms with Gasteiger partial charge in [0.15, 0.2) is 0 Å². The van der Waals surface area contributed by atoms with Crippen molar-refractivity contribution in [3.05, 3.63) is 34.9 Å². The van der Waals surface area contributed by atoms with Crippen LogP contribution in [-0.2, 0) is 11.2 Å². The lowest BCUT2D eigenvalue weighted by atomic mass is 9.63. The van der Waals surface area contributed by atoms with E-state index in [1.807, 2.05) is 6.07 Å². The number of rotatable bonds is 6. The molecule has 3 nitrogen and oxygen atoms in total. The maximum Gasteiger partial charge on any atom is 0.335 e. The molecule has 1 fully saturated rings. The van der Waals surface area contributed by atoms with Crippen LogP contribution in [0.2, 0.25) is 0 Å². The van der Waals surface area contributed by atoms with Crippen molar-refractivity contribution in [3.8, 4) is 0 Å². The van der Waals surface area contributed by atoms with Crippen LogP contribution >= 0.6 is 0 Å². The Morgan fingerprint density at radius 1 is 1.12 bits per heavy atom. The van der Waals surface area contributed by atoms with Crippen LogP contribution in [0.15, 0.2) is 18.2 Å². The van der Waals surface area contributed by atoms with Crippen molar-refractivity contribution < 1.29 is 14.7 Å². The molecule has 0 saturated heterocycles. The summed E-state index contributed by atoms with van der Waals surface area (Å²) in [7, 11) is 0. The Kier molecular flexibility index (Phi) is 8.81. The summed E-state index contributed by atoms with van der Waals surface area (Å²) in [6.45, 7) is 11.8. The summed E-state index contributed by atoms with van der Waals surface area (Å²) in [5.41, 5.74) is 2.41. The molecule has 184 valence electrons. The van der Waals surface area contributed by atoms with Crippen molar-refractivity contribution in [2.45, 2.75) is 111 Å². The predicted octanol–water partition coefficient (Wildman–Crippen LogP) is 8.06. The van der Waals surface area contributed by atoms with E-state index in [2.05, 4.69) is 40.7 Å². The lowest BCUT2D eigenvalue weighted by Gasteiger charge is -2.41. The third-order valence-corrected chi connectivity index (χ3v) is 8.99. The Hall–Kier alpha value is -1.64. The van der Waals surface area contributed by atoms with E-state index in [0.717, 1.165) is 49.1 Å². The van der Waals surface area contributed by atoms with E-state index >= 15 is 0 Å². The average Bonchev–Trinajstić information content (AvgIpc) is 3.08. The van der Waals surface area contributed by atoms with Gasteiger partial charge >= 0.3 is 5.97 Å². The fraction of sp³-hybridized carbons (Fsp3) is 0.733. The first kappa shape index (κ1) is 26.0. The molecule has 1 N–H and O–H groups in total. The van der Waals surface area contributed by atoms with E-state index in [-0.39, 0.29) is 17.1 Å². The summed E-state index contributed by atoms with van der Waals surface area (Å²) in [6, 6.07) is 5.87. The fourth-order valence-corrected chi connectivity index (χ4v) is 7.02. The molecule has 5 atom stereocenters. The molecule has 1 unspecified atom stereocenters. The number of hydrogen-bond donors (Lipinski definition) is 1. The summed E-state index contributed by atoms with van der Waals surface area (Å²) in [4.78, 5) is 24.8. The molecule has 0 aromatic heterocycles. The monoisotopic (exact) mass is 454 g/mol. The van der Waals surface area contributed by atoms with Gasteiger partial charge in [-0.15, -0.1) is 0 Å². The quantitative estimate of drug-likeness (QED) is 0.473. The average molecular weight is 455 g/mol. The van der Waals surface area contributed by atoms with Gasteiger partial charge < -0.3 is 5.11 Å². The Morgan fingerprint density at radius 2 is 1.88 bits per heavy atom. The number of carbonyl (C=O) groups excluding carboxylic acids is 1. The Labute approximate surface area is 201 Å². The van der Waals surface area contributed by atoms with Gasteiger partial charge in [0.1, 0.15) is 5.78 Å². The summed E-state index contributed by atoms with van der Waals surface area (Å²) in [5, 5.41) is 10.1. The number of ketones is 1. The van der Waals surface area contributed by atoms with E-state index in [4.69, 9.17) is 0 Å². The molecule has 4 rings (SSSR count). The number of fused-ring (bicyclic) bond motifs is 9. The summed E-state index contributed by atoms with van der Waals surface area (Å²) in [5.74, 6) is 2.28. The Balaban J connectivity index is 1.96. The number of benzene rings is 1. The molecule has 3 heteroatoms. The van der Waals surface area contributed by atoms with E-state index in [0.29, 0.717) is 36.2 Å². The van der Waals surface area contributed by atoms with Crippen LogP contribution in [0.4, 0.5) is 0 Å². The second-order valence-corrected chi connectivity index (χ2v) is 12.0. The van der Waals surface area contributed by atoms with Crippen molar-refractivity contribution in [1.29, 1.82) is 0 Å². The topological polar surface area (TPSA) is 54.4 Å². The second-order valence-electron chi connectivity index (χ2n) is 12.0. The number of aromatic carboxylic acids is 1. The third-order valence-electron chi connectivity index (χ3n) is 8.99. The number of carbonyl (C=O) groups is 2. The first-order valence-corrected chi connectivity index (χ1v) is 13.5. The van der Waals surface area contributed by atoms with Gasteiger partial charge in [-0.25, -0.2) is 4.79 Å². The van der Waals surface area contributed by atoms with Gasteiger partial charge in [-0.05, 0) is 77.9 Å². The molecule has 0 radical (unpaired) electrons. The molecular formula is C30H46O3. The van der Waals surface area contributed by atoms with Crippen molar-refractivity contribution in [2.24, 2.45) is 29.1 Å². The van der Waals surface area contributed by atoms with Gasteiger partial charge in [0.05, 0.1) is 5.56 Å². The lowest BCUT2D eigenvalue weighted by molar-refractivity contribution is -0.118. The summed E-state index contributed by atoms with van der Waals surface area (Å²) in [6.07, 6.45) is 11.5. The van der Waals surface area contributed by atoms with Crippen LogP contribution in [0.1, 0.15) is 126 Å². The third kappa shape index (κ3) is 6.28. The first-order valence-electron chi connectivity index (χ1n) is 13.5. The molecule has 3 aliphatic rings. The Morgan fingerprint density at radius 3 is 2.58 bits per heavy atom. The van der Waals surface area contributed by atoms with Gasteiger partial charge in [0.25, 0.3) is 0 Å². The number of Topliss-reactive ketones (excluding diaryl/α,β-unsaturated/α-hetero) is 1. The van der Waals surface area contributed by atoms with Crippen LogP contribution < -0.4 is 0 Å². The van der Waals surface area contributed by atoms with Crippen LogP contribution in [0, 0.1) is 29.1 Å². The fourth-order valence-electron chi connectivity index (χ4n) is 7.02. The van der Waals surface area contributed by atoms with E-state index in [1.54, 1.807) is 6.07 Å². The number of carboxylic acid groups (broad SMARTS) is 1. The van der Waals surface area contributed by atoms with E-state index in [9.17, 15) is 14.7 Å². The minimum absolute atomic E-state index is 0.128. The predicted molar refractivity (Wildman–Crippen MR) is 136 cm³/mol. The minimum Gasteiger partial charge on any atom is -0.478 e. The summed E-state index contributed by atoms with van der Waals surface area (Å²) < 4.78 is 0. The van der Waals surface area contributed by atoms with Crippen molar-refractivity contribution in [3.63, 3.8) is 0 Å². The van der Waals surface area contributed by atoms with Gasteiger partial charge in [-0.2, -0.15) is 0 Å². The van der Waals surface area contributed by atoms with Crippen LogP contribution in [0.5, 0.6) is 0 Å². The van der Waals surface area contributed by atoms with Crippen LogP contribution in [-0.4, -0.2) is 16.9 Å². The highest BCUT2D eigenvalue weighted by atomic mass is 16.4. The normalized spacial score (nSPS) is 29.6. The number of hydrogen-bond acceptors (Lipinski definition) is 2. The molecule has 2 bridgehead atoms. The molecular weight excluding hydrogens is 408 g/mol. The van der Waals surface area contributed by atoms with Crippen molar-refractivity contribution in [2.75, 3.05) is 0 Å². The van der Waals surface area contributed by atoms with Gasteiger partial charge in [-0.1, -0.05) is 78.9 Å². The maximum atomic E-state index is 12.5. The molecule has 0 spiro atoms. The highest BCUT2D eigenvalue weighted by Gasteiger charge is 2.49. The highest BCUT2D eigenvalue weighted by Crippen LogP contribution is 2.59. The van der Waals surface area contributed by atoms with E-state index < -0.39 is 5.97 Å². The molecule has 1 saturated carbocycles. The summed E-state index contributed by atoms with van der Waals surface area (Å²) >= 11 is 0. The van der Waals surface area contributed by atoms with Crippen molar-refractivity contribution in [1.82, 2.24) is 0 Å². The molecule has 0 amide bonds. The van der Waals surface area contributed by atoms with Gasteiger partial charge in [0, 0.05) is 12.8 Å². The molecule has 0 aliphatic heterocycles. The smallest absolute Gasteiger partial charge is 0.335 e. The van der Waals surface area contributed by atoms with Gasteiger partial charge in [0.2, 0.25) is 0 Å². The molecule has 1 aromatic rings. The van der Waals surface area contributed by atoms with Crippen LogP contribution in [0.3, 0.4) is 0 Å². The zero-order chi connectivity index (χ0) is 24.2.